The van der Waals surface area contributed by atoms with Crippen LogP contribution in [-0.2, 0) is 13.5 Å². The van der Waals surface area contributed by atoms with E-state index in [1.165, 1.54) is 0 Å². The molecule has 1 N–H and O–H groups in total. The quantitative estimate of drug-likeness (QED) is 0.682. The van der Waals surface area contributed by atoms with Gasteiger partial charge in [0.15, 0.2) is 0 Å². The molecule has 0 bridgehead atoms. The lowest BCUT2D eigenvalue weighted by Gasteiger charge is -2.18. The van der Waals surface area contributed by atoms with Gasteiger partial charge >= 0.3 is 0 Å². The van der Waals surface area contributed by atoms with Crippen molar-refractivity contribution in [2.45, 2.75) is 32.7 Å². The average molecular weight is 419 g/mol. The van der Waals surface area contributed by atoms with Crippen molar-refractivity contribution >= 4 is 11.9 Å². The summed E-state index contributed by atoms with van der Waals surface area (Å²) in [5.74, 6) is 0.292. The molecule has 3 aromatic rings. The van der Waals surface area contributed by atoms with Gasteiger partial charge in [-0.15, -0.1) is 0 Å². The molecule has 8 heteroatoms. The van der Waals surface area contributed by atoms with E-state index in [2.05, 4.69) is 20.3 Å². The van der Waals surface area contributed by atoms with Crippen LogP contribution in [0.15, 0.2) is 47.7 Å². The van der Waals surface area contributed by atoms with Gasteiger partial charge in [0.05, 0.1) is 5.69 Å². The normalized spacial score (nSPS) is 15.8. The van der Waals surface area contributed by atoms with Crippen LogP contribution in [-0.4, -0.2) is 44.6 Å². The van der Waals surface area contributed by atoms with Crippen LogP contribution in [0.1, 0.15) is 35.0 Å². The van der Waals surface area contributed by atoms with Gasteiger partial charge < -0.3 is 14.8 Å². The standard InChI is InChI=1S/C23H26N6O2/c1-4-20-15(2)12-18(22(31)28(20)3)21(30)26-17-8-11-29(14-17)23-25-10-7-19(27-23)16-6-5-9-24-13-16/h5-7,9-10,12-13,17H,4,8,11,14H2,1-3H3,(H,26,30). The van der Waals surface area contributed by atoms with E-state index < -0.39 is 0 Å². The molecule has 1 amide bonds. The van der Waals surface area contributed by atoms with Crippen molar-refractivity contribution in [2.24, 2.45) is 7.05 Å². The summed E-state index contributed by atoms with van der Waals surface area (Å²) in [5.41, 5.74) is 3.55. The van der Waals surface area contributed by atoms with Crippen molar-refractivity contribution < 1.29 is 4.79 Å². The second-order valence-corrected chi connectivity index (χ2v) is 7.79. The van der Waals surface area contributed by atoms with Gasteiger partial charge in [-0.3, -0.25) is 14.6 Å². The highest BCUT2D eigenvalue weighted by Gasteiger charge is 2.27. The van der Waals surface area contributed by atoms with Crippen LogP contribution in [0, 0.1) is 6.92 Å². The van der Waals surface area contributed by atoms with E-state index in [9.17, 15) is 9.59 Å². The summed E-state index contributed by atoms with van der Waals surface area (Å²) >= 11 is 0. The van der Waals surface area contributed by atoms with Crippen molar-refractivity contribution in [2.75, 3.05) is 18.0 Å². The average Bonchev–Trinajstić information content (AvgIpc) is 3.26. The van der Waals surface area contributed by atoms with Crippen LogP contribution in [0.3, 0.4) is 0 Å². The van der Waals surface area contributed by atoms with Gasteiger partial charge in [0.2, 0.25) is 5.95 Å². The molecule has 4 rings (SSSR count). The number of anilines is 1. The minimum atomic E-state index is -0.330. The number of nitrogens with one attached hydrogen (secondary N) is 1. The topological polar surface area (TPSA) is 93.0 Å². The molecule has 0 aromatic carbocycles. The zero-order chi connectivity index (χ0) is 22.0. The molecule has 1 fully saturated rings. The van der Waals surface area contributed by atoms with Crippen LogP contribution in [0.2, 0.25) is 0 Å². The number of hydrogen-bond acceptors (Lipinski definition) is 6. The van der Waals surface area contributed by atoms with E-state index in [0.717, 1.165) is 41.9 Å². The van der Waals surface area contributed by atoms with Gasteiger partial charge in [-0.25, -0.2) is 9.97 Å². The molecule has 1 saturated heterocycles. The first kappa shape index (κ1) is 20.7. The number of carbonyl (C=O) groups is 1. The molecular weight excluding hydrogens is 392 g/mol. The molecule has 3 aromatic heterocycles. The Kier molecular flexibility index (Phi) is 5.79. The van der Waals surface area contributed by atoms with Gasteiger partial charge in [0.1, 0.15) is 5.56 Å². The Bertz CT molecular complexity index is 1160. The minimum absolute atomic E-state index is 0.0750. The number of hydrogen-bond donors (Lipinski definition) is 1. The molecule has 160 valence electrons. The smallest absolute Gasteiger partial charge is 0.263 e. The Morgan fingerprint density at radius 2 is 2.13 bits per heavy atom. The Morgan fingerprint density at radius 1 is 1.29 bits per heavy atom. The fourth-order valence-electron chi connectivity index (χ4n) is 4.11. The maximum absolute atomic E-state index is 12.8. The number of amides is 1. The van der Waals surface area contributed by atoms with Crippen LogP contribution in [0.25, 0.3) is 11.3 Å². The van der Waals surface area contributed by atoms with Crippen LogP contribution >= 0.6 is 0 Å². The first-order chi connectivity index (χ1) is 15.0. The van der Waals surface area contributed by atoms with E-state index >= 15 is 0 Å². The second kappa shape index (κ2) is 8.67. The number of aryl methyl sites for hydroxylation is 1. The Hall–Kier alpha value is -3.55. The predicted octanol–water partition coefficient (Wildman–Crippen LogP) is 2.12. The molecule has 1 aliphatic heterocycles. The summed E-state index contributed by atoms with van der Waals surface area (Å²) in [6.07, 6.45) is 6.74. The van der Waals surface area contributed by atoms with Crippen molar-refractivity contribution in [3.8, 4) is 11.3 Å². The third-order valence-corrected chi connectivity index (χ3v) is 5.74. The Balaban J connectivity index is 1.47. The fraction of sp³-hybridized carbons (Fsp3) is 0.348. The van der Waals surface area contributed by atoms with Gasteiger partial charge in [0.25, 0.3) is 11.5 Å². The molecule has 4 heterocycles. The molecule has 1 atom stereocenters. The van der Waals surface area contributed by atoms with Gasteiger partial charge in [-0.1, -0.05) is 6.92 Å². The van der Waals surface area contributed by atoms with E-state index in [1.54, 1.807) is 36.3 Å². The van der Waals surface area contributed by atoms with E-state index in [-0.39, 0.29) is 23.1 Å². The second-order valence-electron chi connectivity index (χ2n) is 7.79. The molecule has 1 unspecified atom stereocenters. The zero-order valence-corrected chi connectivity index (χ0v) is 18.0. The number of pyridine rings is 2. The third-order valence-electron chi connectivity index (χ3n) is 5.74. The maximum Gasteiger partial charge on any atom is 0.263 e. The lowest BCUT2D eigenvalue weighted by Crippen LogP contribution is -2.40. The highest BCUT2D eigenvalue weighted by molar-refractivity contribution is 5.94. The molecule has 0 radical (unpaired) electrons. The van der Waals surface area contributed by atoms with Crippen LogP contribution in [0.5, 0.6) is 0 Å². The number of aromatic nitrogens is 4. The lowest BCUT2D eigenvalue weighted by molar-refractivity contribution is 0.0938. The van der Waals surface area contributed by atoms with Gasteiger partial charge in [-0.2, -0.15) is 0 Å². The number of rotatable bonds is 5. The lowest BCUT2D eigenvalue weighted by atomic mass is 10.1. The molecule has 1 aliphatic rings. The molecule has 0 saturated carbocycles. The molecule has 0 spiro atoms. The molecule has 31 heavy (non-hydrogen) atoms. The Labute approximate surface area is 181 Å². The zero-order valence-electron chi connectivity index (χ0n) is 18.0. The minimum Gasteiger partial charge on any atom is -0.347 e. The summed E-state index contributed by atoms with van der Waals surface area (Å²) in [5, 5.41) is 3.01. The van der Waals surface area contributed by atoms with E-state index in [4.69, 9.17) is 0 Å². The van der Waals surface area contributed by atoms with E-state index in [0.29, 0.717) is 12.5 Å². The van der Waals surface area contributed by atoms with Crippen molar-refractivity contribution in [3.05, 3.63) is 70.0 Å². The third kappa shape index (κ3) is 4.19. The van der Waals surface area contributed by atoms with Crippen molar-refractivity contribution in [1.82, 2.24) is 24.8 Å². The monoisotopic (exact) mass is 418 g/mol. The summed E-state index contributed by atoms with van der Waals surface area (Å²) in [4.78, 5) is 40.7. The summed E-state index contributed by atoms with van der Waals surface area (Å²) in [6, 6.07) is 7.31. The predicted molar refractivity (Wildman–Crippen MR) is 119 cm³/mol. The molecule has 0 aliphatic carbocycles. The Morgan fingerprint density at radius 3 is 2.87 bits per heavy atom. The summed E-state index contributed by atoms with van der Waals surface area (Å²) < 4.78 is 1.57. The number of carbonyl (C=O) groups excluding carboxylic acids is 1. The number of nitrogens with zero attached hydrogens (tertiary/aromatic N) is 5. The highest BCUT2D eigenvalue weighted by atomic mass is 16.2. The van der Waals surface area contributed by atoms with Gasteiger partial charge in [-0.05, 0) is 49.6 Å². The SMILES string of the molecule is CCc1c(C)cc(C(=O)NC2CCN(c3nccc(-c4cccnc4)n3)C2)c(=O)n1C. The van der Waals surface area contributed by atoms with Gasteiger partial charge in [0, 0.05) is 56.0 Å². The highest BCUT2D eigenvalue weighted by Crippen LogP contribution is 2.21. The fourth-order valence-corrected chi connectivity index (χ4v) is 4.11. The van der Waals surface area contributed by atoms with E-state index in [1.807, 2.05) is 36.9 Å². The van der Waals surface area contributed by atoms with Crippen LogP contribution < -0.4 is 15.8 Å². The molecular formula is C23H26N6O2. The van der Waals surface area contributed by atoms with Crippen molar-refractivity contribution in [3.63, 3.8) is 0 Å². The summed E-state index contributed by atoms with van der Waals surface area (Å²) in [6.45, 7) is 5.25. The first-order valence-corrected chi connectivity index (χ1v) is 10.5. The maximum atomic E-state index is 12.8. The summed E-state index contributed by atoms with van der Waals surface area (Å²) in [7, 11) is 1.72. The van der Waals surface area contributed by atoms with Crippen molar-refractivity contribution in [1.29, 1.82) is 0 Å². The molecule has 8 nitrogen and oxygen atoms in total. The first-order valence-electron chi connectivity index (χ1n) is 10.5. The largest absolute Gasteiger partial charge is 0.347 e. The van der Waals surface area contributed by atoms with Crippen LogP contribution in [0.4, 0.5) is 5.95 Å².